The van der Waals surface area contributed by atoms with Gasteiger partial charge in [-0.25, -0.2) is 9.59 Å². The highest BCUT2D eigenvalue weighted by atomic mass is 33.1. The van der Waals surface area contributed by atoms with Crippen LogP contribution in [0.3, 0.4) is 0 Å². The molecule has 0 amide bonds. The zero-order valence-corrected chi connectivity index (χ0v) is 17.1. The highest BCUT2D eigenvalue weighted by Gasteiger charge is 2.21. The van der Waals surface area contributed by atoms with Crippen LogP contribution in [0.1, 0.15) is 11.4 Å². The molecule has 2 aromatic rings. The van der Waals surface area contributed by atoms with E-state index in [4.69, 9.17) is 0 Å². The Hall–Kier alpha value is -2.46. The second-order valence-corrected chi connectivity index (χ2v) is 8.46. The van der Waals surface area contributed by atoms with Crippen molar-refractivity contribution in [1.82, 2.24) is 9.97 Å². The molecule has 0 aliphatic heterocycles. The first-order chi connectivity index (χ1) is 13.4. The molecule has 0 saturated heterocycles. The van der Waals surface area contributed by atoms with Gasteiger partial charge in [-0.3, -0.25) is 9.97 Å². The number of carboxylic acid groups (broad SMARTS) is 2. The Labute approximate surface area is 171 Å². The molecule has 2 atom stereocenters. The molecule has 0 bridgehead atoms. The van der Waals surface area contributed by atoms with Crippen LogP contribution in [0.2, 0.25) is 0 Å². The normalized spacial score (nSPS) is 12.8. The summed E-state index contributed by atoms with van der Waals surface area (Å²) < 4.78 is 0. The number of hydrogen-bond donors (Lipinski definition) is 4. The summed E-state index contributed by atoms with van der Waals surface area (Å²) in [6, 6.07) is 5.40. The number of aromatic nitrogens is 2. The number of nitrogens with zero attached hydrogens (tertiary/aromatic N) is 2. The van der Waals surface area contributed by atoms with E-state index in [0.717, 1.165) is 0 Å². The maximum absolute atomic E-state index is 11.5. The van der Waals surface area contributed by atoms with Crippen LogP contribution < -0.4 is 10.6 Å². The Morgan fingerprint density at radius 2 is 1.29 bits per heavy atom. The first kappa shape index (κ1) is 21.8. The van der Waals surface area contributed by atoms with Crippen molar-refractivity contribution in [2.45, 2.75) is 25.9 Å². The molecule has 0 radical (unpaired) electrons. The van der Waals surface area contributed by atoms with E-state index >= 15 is 0 Å². The molecule has 10 heteroatoms. The van der Waals surface area contributed by atoms with Gasteiger partial charge in [0.25, 0.3) is 0 Å². The number of aryl methyl sites for hydroxylation is 2. The van der Waals surface area contributed by atoms with E-state index in [1.54, 1.807) is 50.5 Å². The van der Waals surface area contributed by atoms with Crippen molar-refractivity contribution in [2.24, 2.45) is 0 Å². The van der Waals surface area contributed by atoms with Gasteiger partial charge < -0.3 is 20.8 Å². The molecule has 0 saturated carbocycles. The number of rotatable bonds is 11. The van der Waals surface area contributed by atoms with Crippen LogP contribution in [0.4, 0.5) is 11.4 Å². The van der Waals surface area contributed by atoms with Crippen LogP contribution in [0.15, 0.2) is 36.7 Å². The molecular weight excluding hydrogens is 400 g/mol. The van der Waals surface area contributed by atoms with Crippen molar-refractivity contribution >= 4 is 44.9 Å². The fourth-order valence-electron chi connectivity index (χ4n) is 2.23. The minimum atomic E-state index is -0.977. The quantitative estimate of drug-likeness (QED) is 0.317. The van der Waals surface area contributed by atoms with Gasteiger partial charge in [0.05, 0.1) is 22.8 Å². The average molecular weight is 423 g/mol. The summed E-state index contributed by atoms with van der Waals surface area (Å²) in [5, 5.41) is 24.8. The van der Waals surface area contributed by atoms with E-state index in [1.807, 2.05) is 0 Å². The second kappa shape index (κ2) is 10.8. The van der Waals surface area contributed by atoms with E-state index in [1.165, 1.54) is 21.6 Å². The fourth-order valence-corrected chi connectivity index (χ4v) is 4.54. The summed E-state index contributed by atoms with van der Waals surface area (Å²) in [7, 11) is 2.62. The first-order valence-electron chi connectivity index (χ1n) is 8.44. The van der Waals surface area contributed by atoms with E-state index in [9.17, 15) is 19.8 Å². The minimum Gasteiger partial charge on any atom is -0.480 e. The largest absolute Gasteiger partial charge is 0.480 e. The maximum Gasteiger partial charge on any atom is 0.327 e. The summed E-state index contributed by atoms with van der Waals surface area (Å²) in [5.74, 6) is -1.41. The molecule has 0 aliphatic rings. The number of pyridine rings is 2. The number of carbonyl (C=O) groups is 2. The Bertz CT molecular complexity index is 754. The van der Waals surface area contributed by atoms with Gasteiger partial charge in [0.2, 0.25) is 0 Å². The molecule has 4 N–H and O–H groups in total. The van der Waals surface area contributed by atoms with Gasteiger partial charge in [-0.2, -0.15) is 0 Å². The third-order valence-corrected chi connectivity index (χ3v) is 6.24. The number of anilines is 2. The minimum absolute atomic E-state index is 0.270. The molecule has 150 valence electrons. The van der Waals surface area contributed by atoms with Crippen molar-refractivity contribution in [3.05, 3.63) is 48.0 Å². The smallest absolute Gasteiger partial charge is 0.327 e. The van der Waals surface area contributed by atoms with Gasteiger partial charge in [-0.15, -0.1) is 0 Å². The third kappa shape index (κ3) is 6.61. The van der Waals surface area contributed by atoms with Crippen LogP contribution in [-0.2, 0) is 9.59 Å². The third-order valence-electron chi connectivity index (χ3n) is 3.82. The second-order valence-electron chi connectivity index (χ2n) is 5.91. The Morgan fingerprint density at radius 1 is 0.893 bits per heavy atom. The first-order valence-corrected chi connectivity index (χ1v) is 10.9. The highest BCUT2D eigenvalue weighted by Crippen LogP contribution is 2.26. The summed E-state index contributed by atoms with van der Waals surface area (Å²) >= 11 is 0. The lowest BCUT2D eigenvalue weighted by Crippen LogP contribution is -2.33. The number of hydrogen-bond acceptors (Lipinski definition) is 8. The molecule has 0 aliphatic carbocycles. The van der Waals surface area contributed by atoms with E-state index in [-0.39, 0.29) is 11.5 Å². The Balaban J connectivity index is 1.87. The SMILES string of the molecule is Cc1ncccc1NC(CSSC[C@H](Nc1cccnc1C)C(=O)O)C(=O)O. The van der Waals surface area contributed by atoms with Crippen LogP contribution in [0.25, 0.3) is 0 Å². The topological polar surface area (TPSA) is 124 Å². The van der Waals surface area contributed by atoms with Gasteiger partial charge in [0, 0.05) is 23.9 Å². The Kier molecular flexibility index (Phi) is 8.40. The van der Waals surface area contributed by atoms with Crippen molar-refractivity contribution in [3.63, 3.8) is 0 Å². The average Bonchev–Trinajstić information content (AvgIpc) is 2.65. The highest BCUT2D eigenvalue weighted by molar-refractivity contribution is 8.76. The summed E-state index contributed by atoms with van der Waals surface area (Å²) in [6.07, 6.45) is 3.29. The molecule has 0 fully saturated rings. The monoisotopic (exact) mass is 422 g/mol. The zero-order valence-electron chi connectivity index (χ0n) is 15.5. The van der Waals surface area contributed by atoms with E-state index in [2.05, 4.69) is 20.6 Å². The predicted octanol–water partition coefficient (Wildman–Crippen LogP) is 2.91. The number of nitrogens with one attached hydrogen (secondary N) is 2. The Morgan fingerprint density at radius 3 is 1.61 bits per heavy atom. The number of aliphatic carboxylic acids is 2. The van der Waals surface area contributed by atoms with Gasteiger partial charge in [0.1, 0.15) is 12.1 Å². The van der Waals surface area contributed by atoms with Crippen LogP contribution in [-0.4, -0.2) is 55.7 Å². The molecule has 0 aromatic carbocycles. The maximum atomic E-state index is 11.5. The van der Waals surface area contributed by atoms with Crippen LogP contribution in [0.5, 0.6) is 0 Å². The van der Waals surface area contributed by atoms with E-state index in [0.29, 0.717) is 22.8 Å². The van der Waals surface area contributed by atoms with Gasteiger partial charge >= 0.3 is 11.9 Å². The zero-order chi connectivity index (χ0) is 20.5. The fraction of sp³-hybridized carbons (Fsp3) is 0.333. The molecule has 1 unspecified atom stereocenters. The lowest BCUT2D eigenvalue weighted by Gasteiger charge is -2.18. The van der Waals surface area contributed by atoms with Crippen molar-refractivity contribution in [2.75, 3.05) is 22.1 Å². The molecule has 0 spiro atoms. The van der Waals surface area contributed by atoms with Crippen molar-refractivity contribution < 1.29 is 19.8 Å². The lowest BCUT2D eigenvalue weighted by molar-refractivity contribution is -0.138. The summed E-state index contributed by atoms with van der Waals surface area (Å²) in [6.45, 7) is 3.60. The van der Waals surface area contributed by atoms with Crippen LogP contribution >= 0.6 is 21.6 Å². The van der Waals surface area contributed by atoms with E-state index < -0.39 is 24.0 Å². The summed E-state index contributed by atoms with van der Waals surface area (Å²) in [4.78, 5) is 31.3. The number of carboxylic acids is 2. The predicted molar refractivity (Wildman–Crippen MR) is 113 cm³/mol. The van der Waals surface area contributed by atoms with Gasteiger partial charge in [-0.05, 0) is 38.1 Å². The molecule has 8 nitrogen and oxygen atoms in total. The van der Waals surface area contributed by atoms with Crippen molar-refractivity contribution in [3.8, 4) is 0 Å². The molecular formula is C18H22N4O4S2. The summed E-state index contributed by atoms with van der Waals surface area (Å²) in [5.41, 5.74) is 2.76. The molecule has 2 heterocycles. The van der Waals surface area contributed by atoms with Crippen LogP contribution in [0, 0.1) is 13.8 Å². The van der Waals surface area contributed by atoms with Gasteiger partial charge in [0.15, 0.2) is 0 Å². The molecule has 2 rings (SSSR count). The van der Waals surface area contributed by atoms with Gasteiger partial charge in [-0.1, -0.05) is 21.6 Å². The molecule has 2 aromatic heterocycles. The van der Waals surface area contributed by atoms with Crippen molar-refractivity contribution in [1.29, 1.82) is 0 Å². The lowest BCUT2D eigenvalue weighted by atomic mass is 10.2. The standard InChI is InChI=1S/C18H22N4O4S2/c1-11-13(5-3-7-19-11)21-15(17(23)24)9-27-28-10-16(18(25)26)22-14-6-4-8-20-12(14)2/h3-8,15-16,21-22H,9-10H2,1-2H3,(H,23,24)(H,25,26)/t15-,16?/m0/s1. The molecule has 28 heavy (non-hydrogen) atoms.